The van der Waals surface area contributed by atoms with Crippen LogP contribution in [0.3, 0.4) is 0 Å². The van der Waals surface area contributed by atoms with E-state index in [1.807, 2.05) is 22.6 Å². The topological polar surface area (TPSA) is 58.6 Å². The molecule has 2 aromatic carbocycles. The molecule has 1 amide bonds. The molecular formula is C14H11BrINO3. The molecule has 4 nitrogen and oxygen atoms in total. The highest BCUT2D eigenvalue weighted by atomic mass is 127. The number of hydrogen-bond acceptors (Lipinski definition) is 3. The first-order chi connectivity index (χ1) is 9.49. The van der Waals surface area contributed by atoms with E-state index in [1.165, 1.54) is 6.07 Å². The maximum atomic E-state index is 12.1. The zero-order chi connectivity index (χ0) is 14.7. The summed E-state index contributed by atoms with van der Waals surface area (Å²) in [4.78, 5) is 12.1. The van der Waals surface area contributed by atoms with E-state index >= 15 is 0 Å². The molecule has 0 aliphatic carbocycles. The molecule has 0 saturated carbocycles. The Morgan fingerprint density at radius 3 is 2.70 bits per heavy atom. The minimum absolute atomic E-state index is 0.0880. The molecule has 0 radical (unpaired) electrons. The van der Waals surface area contributed by atoms with Crippen LogP contribution in [0.1, 0.15) is 10.4 Å². The first kappa shape index (κ1) is 15.1. The van der Waals surface area contributed by atoms with Gasteiger partial charge in [0.15, 0.2) is 0 Å². The summed E-state index contributed by atoms with van der Waals surface area (Å²) in [5.41, 5.74) is 1.00. The van der Waals surface area contributed by atoms with Gasteiger partial charge in [-0.05, 0) is 52.9 Å². The number of phenols is 1. The van der Waals surface area contributed by atoms with Crippen molar-refractivity contribution in [1.29, 1.82) is 0 Å². The van der Waals surface area contributed by atoms with Crippen molar-refractivity contribution in [1.82, 2.24) is 0 Å². The molecule has 0 spiro atoms. The van der Waals surface area contributed by atoms with Gasteiger partial charge in [0.05, 0.1) is 10.7 Å². The van der Waals surface area contributed by atoms with Gasteiger partial charge in [-0.2, -0.15) is 0 Å². The first-order valence-electron chi connectivity index (χ1n) is 5.64. The summed E-state index contributed by atoms with van der Waals surface area (Å²) >= 11 is 5.35. The summed E-state index contributed by atoms with van der Waals surface area (Å²) in [6, 6.07) is 10.1. The van der Waals surface area contributed by atoms with Crippen LogP contribution >= 0.6 is 38.5 Å². The molecule has 0 bridgehead atoms. The highest BCUT2D eigenvalue weighted by Gasteiger charge is 2.09. The van der Waals surface area contributed by atoms with Gasteiger partial charge in [0.25, 0.3) is 5.91 Å². The number of hydrogen-bond donors (Lipinski definition) is 2. The van der Waals surface area contributed by atoms with E-state index in [-0.39, 0.29) is 11.7 Å². The average molecular weight is 448 g/mol. The maximum absolute atomic E-state index is 12.1. The van der Waals surface area contributed by atoms with Gasteiger partial charge in [-0.25, -0.2) is 0 Å². The summed E-state index contributed by atoms with van der Waals surface area (Å²) in [6.45, 7) is 0. The molecule has 0 aliphatic heterocycles. The van der Waals surface area contributed by atoms with Gasteiger partial charge in [-0.15, -0.1) is 0 Å². The number of anilines is 1. The minimum atomic E-state index is -0.295. The third-order valence-corrected chi connectivity index (χ3v) is 3.94. The van der Waals surface area contributed by atoms with Gasteiger partial charge in [-0.3, -0.25) is 4.79 Å². The number of carbonyl (C=O) groups is 1. The molecule has 104 valence electrons. The second-order valence-corrected chi connectivity index (χ2v) is 6.08. The Balaban J connectivity index is 2.23. The Morgan fingerprint density at radius 1 is 1.30 bits per heavy atom. The number of amides is 1. The second-order valence-electron chi connectivity index (χ2n) is 4.00. The lowest BCUT2D eigenvalue weighted by atomic mass is 10.2. The summed E-state index contributed by atoms with van der Waals surface area (Å²) in [6.07, 6.45) is 0. The smallest absolute Gasteiger partial charge is 0.255 e. The quantitative estimate of drug-likeness (QED) is 0.698. The van der Waals surface area contributed by atoms with E-state index in [0.29, 0.717) is 20.6 Å². The molecule has 2 N–H and O–H groups in total. The van der Waals surface area contributed by atoms with Gasteiger partial charge in [0.1, 0.15) is 11.5 Å². The predicted octanol–water partition coefficient (Wildman–Crippen LogP) is 4.02. The van der Waals surface area contributed by atoms with Gasteiger partial charge >= 0.3 is 0 Å². The summed E-state index contributed by atoms with van der Waals surface area (Å²) in [5, 5.41) is 12.4. The fourth-order valence-electron chi connectivity index (χ4n) is 1.61. The van der Waals surface area contributed by atoms with Crippen molar-refractivity contribution >= 4 is 50.1 Å². The van der Waals surface area contributed by atoms with Crippen LogP contribution in [0.2, 0.25) is 0 Å². The highest BCUT2D eigenvalue weighted by Crippen LogP contribution is 2.25. The molecule has 2 aromatic rings. The van der Waals surface area contributed by atoms with Crippen LogP contribution in [0.15, 0.2) is 40.9 Å². The van der Waals surface area contributed by atoms with Crippen molar-refractivity contribution in [2.75, 3.05) is 12.4 Å². The van der Waals surface area contributed by atoms with Crippen LogP contribution < -0.4 is 10.1 Å². The fourth-order valence-corrected chi connectivity index (χ4v) is 2.42. The largest absolute Gasteiger partial charge is 0.507 e. The van der Waals surface area contributed by atoms with E-state index in [1.54, 1.807) is 37.4 Å². The zero-order valence-electron chi connectivity index (χ0n) is 10.5. The molecule has 20 heavy (non-hydrogen) atoms. The molecule has 6 heteroatoms. The minimum Gasteiger partial charge on any atom is -0.507 e. The SMILES string of the molecule is COc1cc(Br)cc(NC(=O)c2ccc(I)c(O)c2)c1. The Bertz CT molecular complexity index is 661. The lowest BCUT2D eigenvalue weighted by Crippen LogP contribution is -2.11. The number of ether oxygens (including phenoxy) is 1. The third-order valence-electron chi connectivity index (χ3n) is 2.57. The normalized spacial score (nSPS) is 10.2. The van der Waals surface area contributed by atoms with Crippen LogP contribution in [0, 0.1) is 3.57 Å². The van der Waals surface area contributed by atoms with Crippen LogP contribution in [0.4, 0.5) is 5.69 Å². The first-order valence-corrected chi connectivity index (χ1v) is 7.51. The average Bonchev–Trinajstić information content (AvgIpc) is 2.41. The van der Waals surface area contributed by atoms with Crippen molar-refractivity contribution in [2.24, 2.45) is 0 Å². The van der Waals surface area contributed by atoms with Crippen LogP contribution in [-0.4, -0.2) is 18.1 Å². The molecule has 0 aromatic heterocycles. The van der Waals surface area contributed by atoms with Crippen molar-refractivity contribution in [3.63, 3.8) is 0 Å². The lowest BCUT2D eigenvalue weighted by molar-refractivity contribution is 0.102. The van der Waals surface area contributed by atoms with E-state index in [2.05, 4.69) is 21.2 Å². The molecule has 0 atom stereocenters. The van der Waals surface area contributed by atoms with E-state index in [9.17, 15) is 9.90 Å². The molecule has 0 heterocycles. The Labute approximate surface area is 138 Å². The fraction of sp³-hybridized carbons (Fsp3) is 0.0714. The number of aromatic hydroxyl groups is 1. The van der Waals surface area contributed by atoms with Gasteiger partial charge in [-0.1, -0.05) is 15.9 Å². The number of phenolic OH excluding ortho intramolecular Hbond substituents is 1. The van der Waals surface area contributed by atoms with Crippen molar-refractivity contribution in [3.8, 4) is 11.5 Å². The van der Waals surface area contributed by atoms with E-state index in [0.717, 1.165) is 4.47 Å². The van der Waals surface area contributed by atoms with E-state index in [4.69, 9.17) is 4.74 Å². The summed E-state index contributed by atoms with van der Waals surface area (Å²) in [7, 11) is 1.56. The van der Waals surface area contributed by atoms with Crippen LogP contribution in [0.25, 0.3) is 0 Å². The molecular weight excluding hydrogens is 437 g/mol. The van der Waals surface area contributed by atoms with Gasteiger partial charge in [0.2, 0.25) is 0 Å². The van der Waals surface area contributed by atoms with Gasteiger partial charge in [0, 0.05) is 21.8 Å². The monoisotopic (exact) mass is 447 g/mol. The van der Waals surface area contributed by atoms with Crippen LogP contribution in [0.5, 0.6) is 11.5 Å². The van der Waals surface area contributed by atoms with Crippen molar-refractivity contribution in [3.05, 3.63) is 50.0 Å². The molecule has 0 aliphatic rings. The number of benzene rings is 2. The number of rotatable bonds is 3. The number of nitrogens with one attached hydrogen (secondary N) is 1. The highest BCUT2D eigenvalue weighted by molar-refractivity contribution is 14.1. The number of halogens is 2. The van der Waals surface area contributed by atoms with Gasteiger partial charge < -0.3 is 15.2 Å². The molecule has 0 unspecified atom stereocenters. The second kappa shape index (κ2) is 6.45. The standard InChI is InChI=1S/C14H11BrINO3/c1-20-11-6-9(15)5-10(7-11)17-14(19)8-2-3-12(16)13(18)4-8/h2-7,18H,1H3,(H,17,19). The lowest BCUT2D eigenvalue weighted by Gasteiger charge is -2.09. The molecule has 2 rings (SSSR count). The summed E-state index contributed by atoms with van der Waals surface area (Å²) in [5.74, 6) is 0.432. The van der Waals surface area contributed by atoms with Crippen molar-refractivity contribution in [2.45, 2.75) is 0 Å². The Hall–Kier alpha value is -1.28. The van der Waals surface area contributed by atoms with E-state index < -0.39 is 0 Å². The third kappa shape index (κ3) is 3.63. The maximum Gasteiger partial charge on any atom is 0.255 e. The van der Waals surface area contributed by atoms with Crippen LogP contribution in [-0.2, 0) is 0 Å². The van der Waals surface area contributed by atoms with Crippen molar-refractivity contribution < 1.29 is 14.6 Å². The summed E-state index contributed by atoms with van der Waals surface area (Å²) < 4.78 is 6.64. The Kier molecular flexibility index (Phi) is 4.87. The Morgan fingerprint density at radius 2 is 2.05 bits per heavy atom. The number of methoxy groups -OCH3 is 1. The zero-order valence-corrected chi connectivity index (χ0v) is 14.2. The predicted molar refractivity (Wildman–Crippen MR) is 89.5 cm³/mol. The molecule has 0 saturated heterocycles. The molecule has 0 fully saturated rings. The number of carbonyl (C=O) groups excluding carboxylic acids is 1.